The van der Waals surface area contributed by atoms with E-state index < -0.39 is 10.0 Å². The number of anilines is 1. The molecule has 33 heavy (non-hydrogen) atoms. The first kappa shape index (κ1) is 25.1. The zero-order valence-electron chi connectivity index (χ0n) is 19.5. The Bertz CT molecular complexity index is 1010. The molecule has 180 valence electrons. The molecular weight excluding hydrogens is 440 g/mol. The predicted molar refractivity (Wildman–Crippen MR) is 129 cm³/mol. The number of carbonyl (C=O) groups excluding carboxylic acids is 1. The van der Waals surface area contributed by atoms with Gasteiger partial charge in [0.05, 0.1) is 18.1 Å². The van der Waals surface area contributed by atoms with Gasteiger partial charge in [0.2, 0.25) is 15.9 Å². The fraction of sp³-hybridized carbons (Fsp3) is 0.480. The third-order valence-electron chi connectivity index (χ3n) is 5.59. The molecule has 0 radical (unpaired) electrons. The van der Waals surface area contributed by atoms with E-state index in [0.717, 1.165) is 31.2 Å². The van der Waals surface area contributed by atoms with E-state index in [9.17, 15) is 13.2 Å². The number of aryl methyl sites for hydroxylation is 1. The molecule has 0 atom stereocenters. The molecule has 0 saturated carbocycles. The van der Waals surface area contributed by atoms with E-state index in [4.69, 9.17) is 9.47 Å². The Labute approximate surface area is 197 Å². The van der Waals surface area contributed by atoms with Crippen LogP contribution in [-0.4, -0.2) is 44.9 Å². The second kappa shape index (κ2) is 12.0. The van der Waals surface area contributed by atoms with Crippen molar-refractivity contribution in [3.05, 3.63) is 48.0 Å². The van der Waals surface area contributed by atoms with Crippen molar-refractivity contribution < 1.29 is 22.7 Å². The molecule has 0 aliphatic carbocycles. The smallest absolute Gasteiger partial charge is 0.243 e. The Balaban J connectivity index is 1.57. The van der Waals surface area contributed by atoms with Crippen LogP contribution in [0.15, 0.2) is 47.4 Å². The van der Waals surface area contributed by atoms with Crippen molar-refractivity contribution in [3.8, 4) is 11.5 Å². The highest BCUT2D eigenvalue weighted by Gasteiger charge is 2.25. The third kappa shape index (κ3) is 6.95. The van der Waals surface area contributed by atoms with Gasteiger partial charge in [0, 0.05) is 25.2 Å². The lowest BCUT2D eigenvalue weighted by molar-refractivity contribution is -0.116. The standard InChI is InChI=1S/C25H34N2O5S/c1-3-31-23-15-9-20(19-24(23)32-4-2)10-16-25(28)26-21-11-13-22(14-12-21)33(29,30)27-17-7-5-6-8-18-27/h9,11-15,19H,3-8,10,16-18H2,1-2H3,(H,26,28). The van der Waals surface area contributed by atoms with Gasteiger partial charge in [-0.3, -0.25) is 4.79 Å². The maximum absolute atomic E-state index is 12.9. The van der Waals surface area contributed by atoms with Crippen LogP contribution < -0.4 is 14.8 Å². The third-order valence-corrected chi connectivity index (χ3v) is 7.50. The highest BCUT2D eigenvalue weighted by atomic mass is 32.2. The fourth-order valence-electron chi connectivity index (χ4n) is 3.87. The van der Waals surface area contributed by atoms with Crippen molar-refractivity contribution in [2.75, 3.05) is 31.6 Å². The molecule has 7 nitrogen and oxygen atoms in total. The maximum atomic E-state index is 12.9. The number of hydrogen-bond acceptors (Lipinski definition) is 5. The Kier molecular flexibility index (Phi) is 9.14. The van der Waals surface area contributed by atoms with Crippen LogP contribution in [0.25, 0.3) is 0 Å². The average Bonchev–Trinajstić information content (AvgIpc) is 3.10. The van der Waals surface area contributed by atoms with E-state index in [1.54, 1.807) is 28.6 Å². The number of nitrogens with zero attached hydrogens (tertiary/aromatic N) is 1. The van der Waals surface area contributed by atoms with Crippen molar-refractivity contribution in [1.29, 1.82) is 0 Å². The van der Waals surface area contributed by atoms with Crippen LogP contribution >= 0.6 is 0 Å². The molecule has 1 amide bonds. The molecule has 2 aromatic carbocycles. The second-order valence-corrected chi connectivity index (χ2v) is 9.98. The van der Waals surface area contributed by atoms with Gasteiger partial charge in [-0.25, -0.2) is 8.42 Å². The van der Waals surface area contributed by atoms with Gasteiger partial charge in [0.15, 0.2) is 11.5 Å². The summed E-state index contributed by atoms with van der Waals surface area (Å²) in [4.78, 5) is 12.7. The van der Waals surface area contributed by atoms with Crippen molar-refractivity contribution >= 4 is 21.6 Å². The van der Waals surface area contributed by atoms with Crippen molar-refractivity contribution in [2.45, 2.75) is 57.3 Å². The summed E-state index contributed by atoms with van der Waals surface area (Å²) in [6.45, 7) is 6.06. The monoisotopic (exact) mass is 474 g/mol. The number of nitrogens with one attached hydrogen (secondary N) is 1. The molecule has 1 fully saturated rings. The molecule has 2 aromatic rings. The molecule has 0 spiro atoms. The molecule has 1 heterocycles. The Hall–Kier alpha value is -2.58. The quantitative estimate of drug-likeness (QED) is 0.543. The summed E-state index contributed by atoms with van der Waals surface area (Å²) in [7, 11) is -3.50. The molecule has 8 heteroatoms. The van der Waals surface area contributed by atoms with E-state index >= 15 is 0 Å². The maximum Gasteiger partial charge on any atom is 0.243 e. The van der Waals surface area contributed by atoms with Gasteiger partial charge in [0.25, 0.3) is 0 Å². The molecule has 3 rings (SSSR count). The number of amides is 1. The van der Waals surface area contributed by atoms with E-state index in [2.05, 4.69) is 5.32 Å². The minimum absolute atomic E-state index is 0.134. The van der Waals surface area contributed by atoms with Crippen LogP contribution in [0.3, 0.4) is 0 Å². The van der Waals surface area contributed by atoms with Gasteiger partial charge in [0.1, 0.15) is 0 Å². The number of benzene rings is 2. The lowest BCUT2D eigenvalue weighted by atomic mass is 10.1. The van der Waals surface area contributed by atoms with E-state index in [1.807, 2.05) is 32.0 Å². The lowest BCUT2D eigenvalue weighted by Crippen LogP contribution is -2.31. The second-order valence-electron chi connectivity index (χ2n) is 8.04. The van der Waals surface area contributed by atoms with Crippen LogP contribution in [-0.2, 0) is 21.2 Å². The summed E-state index contributed by atoms with van der Waals surface area (Å²) in [5, 5.41) is 2.85. The molecule has 0 unspecified atom stereocenters. The molecule has 1 aliphatic heterocycles. The summed E-state index contributed by atoms with van der Waals surface area (Å²) < 4.78 is 38.6. The molecular formula is C25H34N2O5S. The summed E-state index contributed by atoms with van der Waals surface area (Å²) in [6.07, 6.45) is 4.79. The van der Waals surface area contributed by atoms with Crippen LogP contribution in [0.5, 0.6) is 11.5 Å². The fourth-order valence-corrected chi connectivity index (χ4v) is 5.39. The van der Waals surface area contributed by atoms with Gasteiger partial charge >= 0.3 is 0 Å². The highest BCUT2D eigenvalue weighted by Crippen LogP contribution is 2.29. The van der Waals surface area contributed by atoms with Crippen LogP contribution in [0, 0.1) is 0 Å². The van der Waals surface area contributed by atoms with Crippen LogP contribution in [0.4, 0.5) is 5.69 Å². The number of carbonyl (C=O) groups is 1. The Morgan fingerprint density at radius 1 is 0.909 bits per heavy atom. The molecule has 1 N–H and O–H groups in total. The Morgan fingerprint density at radius 3 is 2.18 bits per heavy atom. The average molecular weight is 475 g/mol. The minimum atomic E-state index is -3.50. The topological polar surface area (TPSA) is 84.9 Å². The zero-order chi connectivity index (χ0) is 23.7. The van der Waals surface area contributed by atoms with Gasteiger partial charge < -0.3 is 14.8 Å². The Morgan fingerprint density at radius 2 is 1.55 bits per heavy atom. The van der Waals surface area contributed by atoms with Crippen LogP contribution in [0.1, 0.15) is 51.5 Å². The largest absolute Gasteiger partial charge is 0.490 e. The number of sulfonamides is 1. The first-order valence-corrected chi connectivity index (χ1v) is 13.2. The van der Waals surface area contributed by atoms with Crippen molar-refractivity contribution in [2.24, 2.45) is 0 Å². The van der Waals surface area contributed by atoms with E-state index in [0.29, 0.717) is 56.3 Å². The first-order chi connectivity index (χ1) is 15.9. The predicted octanol–water partition coefficient (Wildman–Crippen LogP) is 4.62. The van der Waals surface area contributed by atoms with Crippen molar-refractivity contribution in [3.63, 3.8) is 0 Å². The van der Waals surface area contributed by atoms with Crippen molar-refractivity contribution in [1.82, 2.24) is 4.31 Å². The highest BCUT2D eigenvalue weighted by molar-refractivity contribution is 7.89. The SMILES string of the molecule is CCOc1ccc(CCC(=O)Nc2ccc(S(=O)(=O)N3CCCCCC3)cc2)cc1OCC. The summed E-state index contributed by atoms with van der Waals surface area (Å²) >= 11 is 0. The van der Waals surface area contributed by atoms with Gasteiger partial charge in [-0.2, -0.15) is 4.31 Å². The summed E-state index contributed by atoms with van der Waals surface area (Å²) in [5.41, 5.74) is 1.56. The first-order valence-electron chi connectivity index (χ1n) is 11.7. The van der Waals surface area contributed by atoms with E-state index in [1.165, 1.54) is 0 Å². The number of ether oxygens (including phenoxy) is 2. The summed E-state index contributed by atoms with van der Waals surface area (Å²) in [5.74, 6) is 1.24. The molecule has 0 bridgehead atoms. The summed E-state index contributed by atoms with van der Waals surface area (Å²) in [6, 6.07) is 12.1. The number of hydrogen-bond donors (Lipinski definition) is 1. The van der Waals surface area contributed by atoms with Crippen LogP contribution in [0.2, 0.25) is 0 Å². The van der Waals surface area contributed by atoms with E-state index in [-0.39, 0.29) is 10.8 Å². The molecule has 1 saturated heterocycles. The minimum Gasteiger partial charge on any atom is -0.490 e. The molecule has 0 aromatic heterocycles. The number of rotatable bonds is 10. The zero-order valence-corrected chi connectivity index (χ0v) is 20.3. The lowest BCUT2D eigenvalue weighted by Gasteiger charge is -2.20. The van der Waals surface area contributed by atoms with Gasteiger partial charge in [-0.15, -0.1) is 0 Å². The van der Waals surface area contributed by atoms with Gasteiger partial charge in [-0.05, 0) is 75.1 Å². The molecule has 1 aliphatic rings. The van der Waals surface area contributed by atoms with Gasteiger partial charge in [-0.1, -0.05) is 18.9 Å². The normalized spacial score (nSPS) is 15.0.